The number of nitrogens with one attached hydrogen (secondary N) is 1. The van der Waals surface area contributed by atoms with Crippen LogP contribution in [0.2, 0.25) is 0 Å². The number of likely N-dealkylation sites (N-methyl/N-ethyl adjacent to an activating group) is 1. The van der Waals surface area contributed by atoms with E-state index in [-0.39, 0.29) is 23.8 Å². The predicted octanol–water partition coefficient (Wildman–Crippen LogP) is 3.80. The number of methoxy groups -OCH3 is 1. The molecule has 1 N–H and O–H groups in total. The van der Waals surface area contributed by atoms with Crippen molar-refractivity contribution in [3.05, 3.63) is 59.6 Å². The topological polar surface area (TPSA) is 75.6 Å². The zero-order chi connectivity index (χ0) is 24.1. The lowest BCUT2D eigenvalue weighted by atomic mass is 10.1. The fourth-order valence-corrected chi connectivity index (χ4v) is 3.69. The quantitative estimate of drug-likeness (QED) is 0.533. The summed E-state index contributed by atoms with van der Waals surface area (Å²) in [5.41, 5.74) is 0.926. The van der Waals surface area contributed by atoms with Gasteiger partial charge in [-0.3, -0.25) is 0 Å². The maximum absolute atomic E-state index is 14.6. The van der Waals surface area contributed by atoms with Crippen molar-refractivity contribution in [2.45, 2.75) is 20.0 Å². The van der Waals surface area contributed by atoms with Crippen molar-refractivity contribution in [2.75, 3.05) is 50.6 Å². The van der Waals surface area contributed by atoms with Gasteiger partial charge in [0, 0.05) is 26.2 Å². The molecule has 0 radical (unpaired) electrons. The summed E-state index contributed by atoms with van der Waals surface area (Å²) in [7, 11) is 3.46. The summed E-state index contributed by atoms with van der Waals surface area (Å²) in [6, 6.07) is 5.27. The molecule has 0 bridgehead atoms. The van der Waals surface area contributed by atoms with Gasteiger partial charge < -0.3 is 24.6 Å². The van der Waals surface area contributed by atoms with Crippen molar-refractivity contribution in [1.29, 1.82) is 0 Å². The molecule has 2 aromatic heterocycles. The first-order valence-electron chi connectivity index (χ1n) is 11.1. The Morgan fingerprint density at radius 1 is 1.00 bits per heavy atom. The molecular weight excluding hydrogens is 442 g/mol. The summed E-state index contributed by atoms with van der Waals surface area (Å²) >= 11 is 0. The molecule has 34 heavy (non-hydrogen) atoms. The third-order valence-electron chi connectivity index (χ3n) is 5.77. The van der Waals surface area contributed by atoms with Crippen molar-refractivity contribution in [1.82, 2.24) is 19.9 Å². The van der Waals surface area contributed by atoms with Gasteiger partial charge in [-0.2, -0.15) is 0 Å². The molecule has 1 aromatic carbocycles. The van der Waals surface area contributed by atoms with E-state index in [0.29, 0.717) is 17.8 Å². The lowest BCUT2D eigenvalue weighted by molar-refractivity contribution is 0.276. The molecule has 10 heteroatoms. The van der Waals surface area contributed by atoms with E-state index in [9.17, 15) is 8.78 Å². The number of nitrogens with zero attached hydrogens (tertiary/aromatic N) is 5. The molecule has 180 valence electrons. The molecule has 0 unspecified atom stereocenters. The van der Waals surface area contributed by atoms with Crippen molar-refractivity contribution < 1.29 is 18.3 Å². The summed E-state index contributed by atoms with van der Waals surface area (Å²) in [5.74, 6) is 0.143. The van der Waals surface area contributed by atoms with Crippen LogP contribution in [0, 0.1) is 11.6 Å². The number of halogens is 2. The van der Waals surface area contributed by atoms with Crippen LogP contribution in [0.1, 0.15) is 18.1 Å². The lowest BCUT2D eigenvalue weighted by Gasteiger charge is -2.33. The number of ether oxygens (including phenoxy) is 2. The Labute approximate surface area is 197 Å². The summed E-state index contributed by atoms with van der Waals surface area (Å²) in [5, 5.41) is 3.14. The van der Waals surface area contributed by atoms with Crippen molar-refractivity contribution in [2.24, 2.45) is 0 Å². The molecule has 1 saturated heterocycles. The molecule has 1 aliphatic rings. The lowest BCUT2D eigenvalue weighted by Crippen LogP contribution is -2.44. The Morgan fingerprint density at radius 2 is 1.79 bits per heavy atom. The molecule has 4 rings (SSSR count). The van der Waals surface area contributed by atoms with Crippen LogP contribution < -0.4 is 19.7 Å². The summed E-state index contributed by atoms with van der Waals surface area (Å²) in [6.07, 6.45) is 5.03. The highest BCUT2D eigenvalue weighted by Crippen LogP contribution is 2.28. The largest absolute Gasteiger partial charge is 0.494 e. The molecule has 3 heterocycles. The van der Waals surface area contributed by atoms with E-state index in [4.69, 9.17) is 9.47 Å². The Kier molecular flexibility index (Phi) is 7.36. The van der Waals surface area contributed by atoms with E-state index in [0.717, 1.165) is 37.7 Å². The minimum Gasteiger partial charge on any atom is -0.494 e. The standard InChI is InChI=1S/C24H28F2N6O2/c1-4-16-11-19(33-3)24(26)18(23(16)25)15-34-22-14-27-20(13-29-22)30-17-5-6-21(28-12-17)32-9-7-31(2)8-10-32/h5-6,11-14H,4,7-10,15H2,1-3H3,(H,27,30). The molecule has 8 nitrogen and oxygen atoms in total. The zero-order valence-corrected chi connectivity index (χ0v) is 19.5. The second-order valence-corrected chi connectivity index (χ2v) is 8.05. The van der Waals surface area contributed by atoms with Gasteiger partial charge >= 0.3 is 0 Å². The van der Waals surface area contributed by atoms with E-state index in [1.807, 2.05) is 12.1 Å². The van der Waals surface area contributed by atoms with E-state index in [2.05, 4.69) is 37.1 Å². The monoisotopic (exact) mass is 470 g/mol. The molecule has 1 aliphatic heterocycles. The van der Waals surface area contributed by atoms with Crippen molar-refractivity contribution in [3.8, 4) is 11.6 Å². The van der Waals surface area contributed by atoms with Crippen LogP contribution in [-0.4, -0.2) is 60.2 Å². The number of benzene rings is 1. The van der Waals surface area contributed by atoms with E-state index in [1.165, 1.54) is 25.6 Å². The second kappa shape index (κ2) is 10.6. The highest BCUT2D eigenvalue weighted by atomic mass is 19.1. The number of aromatic nitrogens is 3. The van der Waals surface area contributed by atoms with E-state index >= 15 is 0 Å². The van der Waals surface area contributed by atoms with E-state index in [1.54, 1.807) is 13.1 Å². The Morgan fingerprint density at radius 3 is 2.41 bits per heavy atom. The summed E-state index contributed by atoms with van der Waals surface area (Å²) in [4.78, 5) is 17.5. The van der Waals surface area contributed by atoms with Gasteiger partial charge in [0.05, 0.1) is 37.0 Å². The number of anilines is 3. The first kappa shape index (κ1) is 23.6. The van der Waals surface area contributed by atoms with Crippen LogP contribution in [0.25, 0.3) is 0 Å². The second-order valence-electron chi connectivity index (χ2n) is 8.05. The third kappa shape index (κ3) is 5.33. The summed E-state index contributed by atoms with van der Waals surface area (Å²) in [6.45, 7) is 5.39. The Bertz CT molecular complexity index is 1080. The fourth-order valence-electron chi connectivity index (χ4n) is 3.69. The number of hydrogen-bond acceptors (Lipinski definition) is 8. The molecular formula is C24H28F2N6O2. The third-order valence-corrected chi connectivity index (χ3v) is 5.77. The number of pyridine rings is 1. The molecule has 0 atom stereocenters. The number of hydrogen-bond donors (Lipinski definition) is 1. The molecule has 0 saturated carbocycles. The van der Waals surface area contributed by atoms with Gasteiger partial charge in [-0.15, -0.1) is 0 Å². The molecule has 0 aliphatic carbocycles. The smallest absolute Gasteiger partial charge is 0.232 e. The average Bonchev–Trinajstić information content (AvgIpc) is 2.86. The van der Waals surface area contributed by atoms with Gasteiger partial charge in [0.1, 0.15) is 24.1 Å². The van der Waals surface area contributed by atoms with Gasteiger partial charge in [0.15, 0.2) is 11.6 Å². The first-order chi connectivity index (χ1) is 16.5. The van der Waals surface area contributed by atoms with Gasteiger partial charge in [0.25, 0.3) is 0 Å². The predicted molar refractivity (Wildman–Crippen MR) is 126 cm³/mol. The maximum Gasteiger partial charge on any atom is 0.232 e. The van der Waals surface area contributed by atoms with Crippen molar-refractivity contribution in [3.63, 3.8) is 0 Å². The minimum atomic E-state index is -0.782. The maximum atomic E-state index is 14.6. The number of piperazine rings is 1. The van der Waals surface area contributed by atoms with Crippen LogP contribution in [0.4, 0.5) is 26.1 Å². The summed E-state index contributed by atoms with van der Waals surface area (Å²) < 4.78 is 39.6. The zero-order valence-electron chi connectivity index (χ0n) is 19.5. The minimum absolute atomic E-state index is 0.0188. The number of rotatable bonds is 8. The van der Waals surface area contributed by atoms with Crippen LogP contribution in [0.5, 0.6) is 11.6 Å². The SMILES string of the molecule is CCc1cc(OC)c(F)c(COc2cnc(Nc3ccc(N4CCN(C)CC4)nc3)cn2)c1F. The van der Waals surface area contributed by atoms with Crippen LogP contribution in [0.3, 0.4) is 0 Å². The Hall–Kier alpha value is -3.53. The van der Waals surface area contributed by atoms with E-state index < -0.39 is 11.6 Å². The normalized spacial score (nSPS) is 14.2. The first-order valence-corrected chi connectivity index (χ1v) is 11.1. The van der Waals surface area contributed by atoms with Crippen LogP contribution in [0.15, 0.2) is 36.8 Å². The molecule has 0 amide bonds. The molecule has 0 spiro atoms. The molecule has 3 aromatic rings. The highest BCUT2D eigenvalue weighted by Gasteiger charge is 2.19. The number of aryl methyl sites for hydroxylation is 1. The van der Waals surface area contributed by atoms with Gasteiger partial charge in [-0.05, 0) is 37.2 Å². The van der Waals surface area contributed by atoms with Crippen molar-refractivity contribution >= 4 is 17.3 Å². The van der Waals surface area contributed by atoms with Gasteiger partial charge in [-0.1, -0.05) is 6.92 Å². The van der Waals surface area contributed by atoms with Gasteiger partial charge in [0.2, 0.25) is 5.88 Å². The average molecular weight is 471 g/mol. The Balaban J connectivity index is 1.37. The highest BCUT2D eigenvalue weighted by molar-refractivity contribution is 5.56. The fraction of sp³-hybridized carbons (Fsp3) is 0.375. The van der Waals surface area contributed by atoms with Crippen LogP contribution >= 0.6 is 0 Å². The molecule has 1 fully saturated rings. The van der Waals surface area contributed by atoms with Gasteiger partial charge in [-0.25, -0.2) is 23.7 Å². The van der Waals surface area contributed by atoms with Crippen LogP contribution in [-0.2, 0) is 13.0 Å².